The van der Waals surface area contributed by atoms with E-state index < -0.39 is 0 Å². The first-order valence-electron chi connectivity index (χ1n) is 4.38. The summed E-state index contributed by atoms with van der Waals surface area (Å²) in [4.78, 5) is 4.18. The fourth-order valence-electron chi connectivity index (χ4n) is 1.35. The van der Waals surface area contributed by atoms with Crippen molar-refractivity contribution in [2.75, 3.05) is 0 Å². The minimum atomic E-state index is 0. The van der Waals surface area contributed by atoms with Gasteiger partial charge < -0.3 is 4.57 Å². The third-order valence-electron chi connectivity index (χ3n) is 2.12. The van der Waals surface area contributed by atoms with Gasteiger partial charge in [0.25, 0.3) is 0 Å². The number of hydrogen-bond acceptors (Lipinski definition) is 1. The molecule has 1 aromatic heterocycles. The van der Waals surface area contributed by atoms with Crippen molar-refractivity contribution in [2.45, 2.75) is 13.5 Å². The maximum atomic E-state index is 4.18. The molecule has 0 bridgehead atoms. The summed E-state index contributed by atoms with van der Waals surface area (Å²) in [5.74, 6) is 1.06. The molecule has 72 valence electrons. The van der Waals surface area contributed by atoms with Gasteiger partial charge in [0.2, 0.25) is 0 Å². The van der Waals surface area contributed by atoms with Gasteiger partial charge in [0.05, 0.1) is 0 Å². The molecule has 3 heteroatoms. The molecule has 2 nitrogen and oxygen atoms in total. The molecule has 0 aliphatic rings. The number of aromatic nitrogens is 2. The van der Waals surface area contributed by atoms with Crippen molar-refractivity contribution in [3.05, 3.63) is 54.1 Å². The molecule has 0 atom stereocenters. The number of hydrogen-bond donors (Lipinski definition) is 0. The molecule has 0 fully saturated rings. The van der Waals surface area contributed by atoms with Crippen LogP contribution in [0.15, 0.2) is 42.7 Å². The first-order chi connectivity index (χ1) is 6.36. The van der Waals surface area contributed by atoms with E-state index in [0.717, 1.165) is 12.4 Å². The monoisotopic (exact) mass is 299 g/mol. The maximum Gasteiger partial charge on any atom is 1.00 e. The number of nitrogens with zero attached hydrogens (tertiary/aromatic N) is 2. The lowest BCUT2D eigenvalue weighted by Crippen LogP contribution is -3.00. The topological polar surface area (TPSA) is 17.8 Å². The SMILES string of the molecule is Cc1nccn1Cc1ccccc1.[I+]. The van der Waals surface area contributed by atoms with Crippen molar-refractivity contribution in [3.8, 4) is 0 Å². The Morgan fingerprint density at radius 1 is 1.21 bits per heavy atom. The van der Waals surface area contributed by atoms with Crippen molar-refractivity contribution in [1.29, 1.82) is 0 Å². The lowest BCUT2D eigenvalue weighted by Gasteiger charge is -2.03. The standard InChI is InChI=1S/C11H12N2.I/c1-10-12-7-8-13(10)9-11-5-3-2-4-6-11;/h2-8H,9H2,1H3;/q;+1. The fraction of sp³-hybridized carbons (Fsp3) is 0.182. The zero-order chi connectivity index (χ0) is 9.10. The Morgan fingerprint density at radius 2 is 1.93 bits per heavy atom. The Kier molecular flexibility index (Phi) is 4.13. The van der Waals surface area contributed by atoms with E-state index in [0.29, 0.717) is 0 Å². The van der Waals surface area contributed by atoms with Gasteiger partial charge in [-0.2, -0.15) is 0 Å². The highest BCUT2D eigenvalue weighted by Gasteiger charge is 1.96. The molecule has 2 rings (SSSR count). The van der Waals surface area contributed by atoms with Crippen molar-refractivity contribution >= 4 is 0 Å². The molecule has 0 saturated carbocycles. The van der Waals surface area contributed by atoms with E-state index >= 15 is 0 Å². The Hall–Kier alpha value is -0.840. The Labute approximate surface area is 101 Å². The van der Waals surface area contributed by atoms with Crippen LogP contribution in [0.5, 0.6) is 0 Å². The number of imidazole rings is 1. The minimum Gasteiger partial charge on any atom is -0.331 e. The number of benzene rings is 1. The molecule has 2 aromatic rings. The summed E-state index contributed by atoms with van der Waals surface area (Å²) in [6, 6.07) is 10.4. The second kappa shape index (κ2) is 5.14. The Balaban J connectivity index is 0.000000980. The summed E-state index contributed by atoms with van der Waals surface area (Å²) >= 11 is 0. The molecule has 0 aliphatic heterocycles. The van der Waals surface area contributed by atoms with Crippen LogP contribution in [0, 0.1) is 6.92 Å². The summed E-state index contributed by atoms with van der Waals surface area (Å²) in [6.45, 7) is 2.93. The zero-order valence-electron chi connectivity index (χ0n) is 8.02. The van der Waals surface area contributed by atoms with Crippen molar-refractivity contribution in [3.63, 3.8) is 0 Å². The number of aryl methyl sites for hydroxylation is 1. The van der Waals surface area contributed by atoms with E-state index in [2.05, 4.69) is 33.8 Å². The van der Waals surface area contributed by atoms with Gasteiger partial charge in [0.15, 0.2) is 0 Å². The van der Waals surface area contributed by atoms with Gasteiger partial charge in [0, 0.05) is 18.9 Å². The van der Waals surface area contributed by atoms with Crippen LogP contribution in [0.3, 0.4) is 0 Å². The summed E-state index contributed by atoms with van der Waals surface area (Å²) in [5.41, 5.74) is 1.31. The molecule has 0 aliphatic carbocycles. The molecule has 0 spiro atoms. The Morgan fingerprint density at radius 3 is 2.50 bits per heavy atom. The van der Waals surface area contributed by atoms with Crippen LogP contribution in [0.4, 0.5) is 0 Å². The molecule has 0 amide bonds. The van der Waals surface area contributed by atoms with Crippen molar-refractivity contribution in [1.82, 2.24) is 9.55 Å². The number of rotatable bonds is 2. The quantitative estimate of drug-likeness (QED) is 0.667. The maximum absolute atomic E-state index is 4.18. The smallest absolute Gasteiger partial charge is 0.331 e. The average molecular weight is 299 g/mol. The summed E-state index contributed by atoms with van der Waals surface area (Å²) in [5, 5.41) is 0. The Bertz CT molecular complexity index is 381. The highest BCUT2D eigenvalue weighted by molar-refractivity contribution is 5.15. The van der Waals surface area contributed by atoms with Crippen LogP contribution in [-0.4, -0.2) is 9.55 Å². The van der Waals surface area contributed by atoms with E-state index in [-0.39, 0.29) is 24.0 Å². The second-order valence-corrected chi connectivity index (χ2v) is 3.09. The van der Waals surface area contributed by atoms with Gasteiger partial charge in [-0.05, 0) is 12.5 Å². The second-order valence-electron chi connectivity index (χ2n) is 3.09. The molecule has 1 aromatic carbocycles. The highest BCUT2D eigenvalue weighted by Crippen LogP contribution is 2.03. The highest BCUT2D eigenvalue weighted by atomic mass is 127. The molecule has 1 heterocycles. The van der Waals surface area contributed by atoms with Gasteiger partial charge in [-0.15, -0.1) is 0 Å². The molecule has 0 saturated heterocycles. The average Bonchev–Trinajstić information content (AvgIpc) is 2.54. The largest absolute Gasteiger partial charge is 1.00 e. The van der Waals surface area contributed by atoms with Gasteiger partial charge in [-0.25, -0.2) is 4.98 Å². The van der Waals surface area contributed by atoms with Crippen molar-refractivity contribution in [2.24, 2.45) is 0 Å². The van der Waals surface area contributed by atoms with E-state index in [1.807, 2.05) is 25.4 Å². The van der Waals surface area contributed by atoms with Crippen LogP contribution in [0.25, 0.3) is 0 Å². The molecule has 2 radical (unpaired) electrons. The van der Waals surface area contributed by atoms with Crippen LogP contribution in [0.1, 0.15) is 11.4 Å². The molecular weight excluding hydrogens is 287 g/mol. The first-order valence-corrected chi connectivity index (χ1v) is 4.38. The summed E-state index contributed by atoms with van der Waals surface area (Å²) in [7, 11) is 0. The van der Waals surface area contributed by atoms with E-state index in [1.54, 1.807) is 0 Å². The van der Waals surface area contributed by atoms with Crippen LogP contribution >= 0.6 is 0 Å². The minimum absolute atomic E-state index is 0. The summed E-state index contributed by atoms with van der Waals surface area (Å²) < 4.78 is 2.13. The van der Waals surface area contributed by atoms with Crippen LogP contribution in [0.2, 0.25) is 0 Å². The first kappa shape index (κ1) is 11.2. The third-order valence-corrected chi connectivity index (χ3v) is 2.12. The van der Waals surface area contributed by atoms with Gasteiger partial charge in [-0.1, -0.05) is 30.3 Å². The van der Waals surface area contributed by atoms with Crippen LogP contribution in [-0.2, 0) is 6.54 Å². The molecular formula is C11H12IN2+. The molecule has 14 heavy (non-hydrogen) atoms. The van der Waals surface area contributed by atoms with Gasteiger partial charge >= 0.3 is 24.0 Å². The normalized spacial score (nSPS) is 9.50. The summed E-state index contributed by atoms with van der Waals surface area (Å²) in [6.07, 6.45) is 3.83. The van der Waals surface area contributed by atoms with Crippen LogP contribution < -0.4 is 24.0 Å². The predicted octanol–water partition coefficient (Wildman–Crippen LogP) is -0.756. The number of halogens is 1. The molecule has 0 unspecified atom stereocenters. The van der Waals surface area contributed by atoms with Gasteiger partial charge in [0.1, 0.15) is 5.82 Å². The van der Waals surface area contributed by atoms with E-state index in [4.69, 9.17) is 0 Å². The van der Waals surface area contributed by atoms with Crippen molar-refractivity contribution < 1.29 is 24.0 Å². The fourth-order valence-corrected chi connectivity index (χ4v) is 1.35. The molecule has 0 N–H and O–H groups in total. The lowest BCUT2D eigenvalue weighted by atomic mass is 10.2. The van der Waals surface area contributed by atoms with E-state index in [1.165, 1.54) is 5.56 Å². The van der Waals surface area contributed by atoms with E-state index in [9.17, 15) is 0 Å². The van der Waals surface area contributed by atoms with Gasteiger partial charge in [-0.3, -0.25) is 0 Å². The predicted molar refractivity (Wildman–Crippen MR) is 52.5 cm³/mol. The third kappa shape index (κ3) is 2.57. The lowest BCUT2D eigenvalue weighted by molar-refractivity contribution is -0.00000282. The zero-order valence-corrected chi connectivity index (χ0v) is 10.2.